The fraction of sp³-hybridized carbons (Fsp3) is 0.182. The number of ether oxygens (including phenoxy) is 1. The second kappa shape index (κ2) is 8.08. The van der Waals surface area contributed by atoms with E-state index in [1.165, 1.54) is 16.5 Å². The van der Waals surface area contributed by atoms with Crippen LogP contribution in [0.25, 0.3) is 16.9 Å². The summed E-state index contributed by atoms with van der Waals surface area (Å²) in [7, 11) is 0. The Hall–Kier alpha value is -3.52. The summed E-state index contributed by atoms with van der Waals surface area (Å²) in [6, 6.07) is 7.05. The third-order valence-corrected chi connectivity index (χ3v) is 5.54. The van der Waals surface area contributed by atoms with Crippen molar-refractivity contribution in [1.82, 2.24) is 18.9 Å². The number of aryl methyl sites for hydroxylation is 2. The lowest BCUT2D eigenvalue weighted by molar-refractivity contribution is -0.139. The Kier molecular flexibility index (Phi) is 5.33. The molecule has 0 bridgehead atoms. The number of thiazole rings is 1. The lowest BCUT2D eigenvalue weighted by Gasteiger charge is -2.06. The average Bonchev–Trinajstić information content (AvgIpc) is 3.33. The van der Waals surface area contributed by atoms with Crippen molar-refractivity contribution in [3.8, 4) is 5.13 Å². The number of aromatic nitrogens is 4. The molecule has 0 saturated carbocycles. The van der Waals surface area contributed by atoms with Crippen molar-refractivity contribution in [3.05, 3.63) is 86.7 Å². The highest BCUT2D eigenvalue weighted by Gasteiger charge is 2.11. The van der Waals surface area contributed by atoms with Crippen LogP contribution in [0.1, 0.15) is 28.2 Å². The van der Waals surface area contributed by atoms with E-state index in [0.717, 1.165) is 27.6 Å². The number of pyridine rings is 1. The Labute approximate surface area is 176 Å². The van der Waals surface area contributed by atoms with Gasteiger partial charge >= 0.3 is 5.97 Å². The molecule has 0 saturated heterocycles. The molecule has 4 aromatic rings. The van der Waals surface area contributed by atoms with E-state index >= 15 is 0 Å². The first-order valence-corrected chi connectivity index (χ1v) is 10.2. The third-order valence-electron chi connectivity index (χ3n) is 4.78. The van der Waals surface area contributed by atoms with Crippen molar-refractivity contribution in [3.63, 3.8) is 0 Å². The predicted molar refractivity (Wildman–Crippen MR) is 116 cm³/mol. The fourth-order valence-corrected chi connectivity index (χ4v) is 4.06. The van der Waals surface area contributed by atoms with Gasteiger partial charge in [-0.3, -0.25) is 13.8 Å². The first-order chi connectivity index (χ1) is 14.4. The molecule has 0 N–H and O–H groups in total. The maximum absolute atomic E-state index is 12.2. The van der Waals surface area contributed by atoms with E-state index in [0.29, 0.717) is 11.3 Å². The van der Waals surface area contributed by atoms with Crippen molar-refractivity contribution < 1.29 is 9.53 Å². The minimum absolute atomic E-state index is 0.0681. The molecule has 0 radical (unpaired) electrons. The molecule has 0 aromatic carbocycles. The van der Waals surface area contributed by atoms with Gasteiger partial charge in [0.05, 0.1) is 5.69 Å². The smallest absolute Gasteiger partial charge is 0.331 e. The van der Waals surface area contributed by atoms with Crippen LogP contribution in [-0.2, 0) is 16.1 Å². The number of hydrogen-bond acceptors (Lipinski definition) is 6. The monoisotopic (exact) mass is 420 g/mol. The van der Waals surface area contributed by atoms with Gasteiger partial charge in [0.25, 0.3) is 5.56 Å². The Morgan fingerprint density at radius 2 is 2.10 bits per heavy atom. The summed E-state index contributed by atoms with van der Waals surface area (Å²) in [6.45, 7) is 5.79. The van der Waals surface area contributed by atoms with E-state index in [4.69, 9.17) is 4.74 Å². The van der Waals surface area contributed by atoms with Gasteiger partial charge in [-0.1, -0.05) is 6.07 Å². The van der Waals surface area contributed by atoms with Gasteiger partial charge in [-0.05, 0) is 50.1 Å². The molecule has 0 amide bonds. The zero-order valence-electron chi connectivity index (χ0n) is 16.8. The first kappa shape index (κ1) is 19.8. The molecule has 0 aliphatic carbocycles. The van der Waals surface area contributed by atoms with Gasteiger partial charge in [0.1, 0.15) is 12.3 Å². The molecule has 0 atom stereocenters. The Morgan fingerprint density at radius 1 is 1.27 bits per heavy atom. The zero-order valence-corrected chi connectivity index (χ0v) is 17.6. The van der Waals surface area contributed by atoms with Gasteiger partial charge in [0.2, 0.25) is 0 Å². The van der Waals surface area contributed by atoms with Gasteiger partial charge < -0.3 is 4.74 Å². The lowest BCUT2D eigenvalue weighted by Crippen LogP contribution is -2.17. The molecule has 7 nitrogen and oxygen atoms in total. The summed E-state index contributed by atoms with van der Waals surface area (Å²) in [5, 5.41) is 2.81. The lowest BCUT2D eigenvalue weighted by atomic mass is 10.2. The summed E-state index contributed by atoms with van der Waals surface area (Å²) in [5.74, 6) is -0.499. The quantitative estimate of drug-likeness (QED) is 0.364. The standard InChI is InChI=1S/C22H20N4O3S/c1-14-5-4-9-25-19(27)12-18(24-21(14)25)13-29-20(28)7-6-17-11-15(2)26(16(17)3)22-23-8-10-30-22/h4-12H,13H2,1-3H3/b7-6+. The first-order valence-electron chi connectivity index (χ1n) is 9.35. The van der Waals surface area contributed by atoms with Crippen LogP contribution >= 0.6 is 11.3 Å². The van der Waals surface area contributed by atoms with Crippen molar-refractivity contribution >= 4 is 29.0 Å². The number of carbonyl (C=O) groups is 1. The van der Waals surface area contributed by atoms with Crippen LogP contribution in [-0.4, -0.2) is 24.9 Å². The van der Waals surface area contributed by atoms with Crippen LogP contribution in [0.15, 0.2) is 52.9 Å². The minimum Gasteiger partial charge on any atom is -0.456 e. The molecule has 4 aromatic heterocycles. The summed E-state index contributed by atoms with van der Waals surface area (Å²) in [6.07, 6.45) is 6.53. The number of fused-ring (bicyclic) bond motifs is 1. The van der Waals surface area contributed by atoms with Crippen molar-refractivity contribution in [2.45, 2.75) is 27.4 Å². The molecule has 0 fully saturated rings. The second-order valence-corrected chi connectivity index (χ2v) is 7.76. The van der Waals surface area contributed by atoms with Crippen LogP contribution in [0.4, 0.5) is 0 Å². The van der Waals surface area contributed by atoms with Crippen molar-refractivity contribution in [2.24, 2.45) is 0 Å². The normalized spacial score (nSPS) is 11.4. The highest BCUT2D eigenvalue weighted by atomic mass is 32.1. The van der Waals surface area contributed by atoms with E-state index < -0.39 is 5.97 Å². The maximum atomic E-state index is 12.2. The summed E-state index contributed by atoms with van der Waals surface area (Å²) >= 11 is 1.55. The number of nitrogens with zero attached hydrogens (tertiary/aromatic N) is 4. The van der Waals surface area contributed by atoms with E-state index in [1.54, 1.807) is 35.9 Å². The number of rotatable bonds is 5. The molecular weight excluding hydrogens is 400 g/mol. The minimum atomic E-state index is -0.499. The summed E-state index contributed by atoms with van der Waals surface area (Å²) in [5.41, 5.74) is 4.58. The molecular formula is C22H20N4O3S. The fourth-order valence-electron chi connectivity index (χ4n) is 3.31. The number of hydrogen-bond donors (Lipinski definition) is 0. The van der Waals surface area contributed by atoms with E-state index in [1.807, 2.05) is 42.9 Å². The molecule has 0 unspecified atom stereocenters. The maximum Gasteiger partial charge on any atom is 0.331 e. The number of carbonyl (C=O) groups excluding carboxylic acids is 1. The molecule has 0 aliphatic rings. The van der Waals surface area contributed by atoms with Crippen LogP contribution in [0.3, 0.4) is 0 Å². The molecule has 4 heterocycles. The molecule has 4 rings (SSSR count). The highest BCUT2D eigenvalue weighted by molar-refractivity contribution is 7.12. The SMILES string of the molecule is Cc1cccn2c(=O)cc(COC(=O)/C=C/c3cc(C)n(-c4nccs4)c3C)nc12. The van der Waals surface area contributed by atoms with Gasteiger partial charge in [0, 0.05) is 41.3 Å². The van der Waals surface area contributed by atoms with Gasteiger partial charge in [-0.15, -0.1) is 11.3 Å². The average molecular weight is 420 g/mol. The van der Waals surface area contributed by atoms with Gasteiger partial charge in [-0.2, -0.15) is 0 Å². The van der Waals surface area contributed by atoms with Gasteiger partial charge in [0.15, 0.2) is 5.13 Å². The molecule has 152 valence electrons. The van der Waals surface area contributed by atoms with Crippen molar-refractivity contribution in [1.29, 1.82) is 0 Å². The summed E-state index contributed by atoms with van der Waals surface area (Å²) < 4.78 is 8.81. The highest BCUT2D eigenvalue weighted by Crippen LogP contribution is 2.23. The van der Waals surface area contributed by atoms with E-state index in [9.17, 15) is 9.59 Å². The molecule has 8 heteroatoms. The zero-order chi connectivity index (χ0) is 21.3. The van der Waals surface area contributed by atoms with Crippen molar-refractivity contribution in [2.75, 3.05) is 0 Å². The Morgan fingerprint density at radius 3 is 2.87 bits per heavy atom. The topological polar surface area (TPSA) is 78.5 Å². The molecule has 0 spiro atoms. The van der Waals surface area contributed by atoms with Gasteiger partial charge in [-0.25, -0.2) is 14.8 Å². The number of esters is 1. The summed E-state index contributed by atoms with van der Waals surface area (Å²) in [4.78, 5) is 33.2. The largest absolute Gasteiger partial charge is 0.456 e. The third kappa shape index (κ3) is 3.81. The second-order valence-electron chi connectivity index (χ2n) is 6.89. The van der Waals surface area contributed by atoms with Crippen LogP contribution in [0, 0.1) is 20.8 Å². The van der Waals surface area contributed by atoms with Crippen LogP contribution in [0.5, 0.6) is 0 Å². The predicted octanol–water partition coefficient (Wildman–Crippen LogP) is 3.62. The molecule has 30 heavy (non-hydrogen) atoms. The Balaban J connectivity index is 1.48. The Bertz CT molecular complexity index is 1320. The molecule has 0 aliphatic heterocycles. The van der Waals surface area contributed by atoms with Crippen LogP contribution < -0.4 is 5.56 Å². The van der Waals surface area contributed by atoms with E-state index in [2.05, 4.69) is 9.97 Å². The van der Waals surface area contributed by atoms with Crippen LogP contribution in [0.2, 0.25) is 0 Å². The van der Waals surface area contributed by atoms with E-state index in [-0.39, 0.29) is 12.2 Å².